The van der Waals surface area contributed by atoms with E-state index in [-0.39, 0.29) is 5.91 Å². The van der Waals surface area contributed by atoms with Gasteiger partial charge in [0, 0.05) is 19.3 Å². The van der Waals surface area contributed by atoms with Gasteiger partial charge in [0.25, 0.3) is 0 Å². The van der Waals surface area contributed by atoms with Crippen LogP contribution in [0.15, 0.2) is 42.5 Å². The second kappa shape index (κ2) is 6.99. The van der Waals surface area contributed by atoms with Crippen molar-refractivity contribution < 1.29 is 4.79 Å². The molecule has 1 aromatic heterocycles. The number of carbonyl (C=O) groups is 1. The van der Waals surface area contributed by atoms with Gasteiger partial charge < -0.3 is 10.6 Å². The molecule has 0 aliphatic carbocycles. The number of nitrogens with zero attached hydrogens (tertiary/aromatic N) is 2. The lowest BCUT2D eigenvalue weighted by Gasteiger charge is -2.17. The molecule has 1 amide bonds. The van der Waals surface area contributed by atoms with Crippen molar-refractivity contribution in [2.24, 2.45) is 5.73 Å². The summed E-state index contributed by atoms with van der Waals surface area (Å²) in [5.74, 6) is 0.0822. The molecule has 0 radical (unpaired) electrons. The zero-order valence-corrected chi connectivity index (χ0v) is 12.5. The number of pyridine rings is 1. The number of aryl methyl sites for hydroxylation is 1. The number of hydrogen-bond acceptors (Lipinski definition) is 3. The van der Waals surface area contributed by atoms with E-state index < -0.39 is 0 Å². The van der Waals surface area contributed by atoms with Gasteiger partial charge in [-0.15, -0.1) is 0 Å². The van der Waals surface area contributed by atoms with Crippen molar-refractivity contribution >= 4 is 5.91 Å². The van der Waals surface area contributed by atoms with E-state index in [0.717, 1.165) is 22.5 Å². The lowest BCUT2D eigenvalue weighted by atomic mass is 10.1. The molecular formula is C17H21N3O. The van der Waals surface area contributed by atoms with Crippen LogP contribution in [0.1, 0.15) is 22.5 Å². The first-order valence-electron chi connectivity index (χ1n) is 7.03. The highest BCUT2D eigenvalue weighted by Crippen LogP contribution is 2.08. The van der Waals surface area contributed by atoms with Gasteiger partial charge >= 0.3 is 0 Å². The highest BCUT2D eigenvalue weighted by atomic mass is 16.2. The van der Waals surface area contributed by atoms with Gasteiger partial charge in [0.1, 0.15) is 0 Å². The molecule has 2 aromatic rings. The largest absolute Gasteiger partial charge is 0.340 e. The molecule has 0 spiro atoms. The Bertz CT molecular complexity index is 608. The minimum Gasteiger partial charge on any atom is -0.340 e. The van der Waals surface area contributed by atoms with Crippen LogP contribution in [0.25, 0.3) is 0 Å². The number of likely N-dealkylation sites (N-methyl/N-ethyl adjacent to an activating group) is 1. The topological polar surface area (TPSA) is 59.2 Å². The lowest BCUT2D eigenvalue weighted by Crippen LogP contribution is -2.28. The second-order valence-electron chi connectivity index (χ2n) is 5.22. The van der Waals surface area contributed by atoms with Crippen molar-refractivity contribution in [1.29, 1.82) is 0 Å². The molecule has 1 heterocycles. The molecule has 4 heteroatoms. The fourth-order valence-electron chi connectivity index (χ4n) is 2.12. The van der Waals surface area contributed by atoms with Gasteiger partial charge in [0.05, 0.1) is 18.7 Å². The Kier molecular flexibility index (Phi) is 5.06. The smallest absolute Gasteiger partial charge is 0.227 e. The molecular weight excluding hydrogens is 262 g/mol. The van der Waals surface area contributed by atoms with Crippen LogP contribution in [0, 0.1) is 6.92 Å². The standard InChI is InChI=1S/C17H21N3O/c1-13-4-3-5-16(19-13)12-20(2)17(21)10-14-6-8-15(11-18)9-7-14/h3-9H,10-12,18H2,1-2H3. The summed E-state index contributed by atoms with van der Waals surface area (Å²) in [7, 11) is 1.81. The number of aromatic nitrogens is 1. The van der Waals surface area contributed by atoms with Crippen LogP contribution < -0.4 is 5.73 Å². The third-order valence-electron chi connectivity index (χ3n) is 3.38. The van der Waals surface area contributed by atoms with Crippen LogP contribution >= 0.6 is 0 Å². The van der Waals surface area contributed by atoms with Crippen LogP contribution in [-0.4, -0.2) is 22.8 Å². The van der Waals surface area contributed by atoms with Gasteiger partial charge in [-0.1, -0.05) is 30.3 Å². The number of carbonyl (C=O) groups excluding carboxylic acids is 1. The van der Waals surface area contributed by atoms with Crippen LogP contribution in [0.5, 0.6) is 0 Å². The Labute approximate surface area is 125 Å². The summed E-state index contributed by atoms with van der Waals surface area (Å²) in [6.45, 7) is 3.00. The van der Waals surface area contributed by atoms with Crippen LogP contribution in [0.4, 0.5) is 0 Å². The summed E-state index contributed by atoms with van der Waals surface area (Å²) in [6, 6.07) is 13.7. The number of nitrogens with two attached hydrogens (primary N) is 1. The van der Waals surface area contributed by atoms with E-state index in [1.807, 2.05) is 49.4 Å². The van der Waals surface area contributed by atoms with Gasteiger partial charge in [-0.25, -0.2) is 0 Å². The molecule has 0 aliphatic heterocycles. The van der Waals surface area contributed by atoms with Gasteiger partial charge in [-0.05, 0) is 30.2 Å². The lowest BCUT2D eigenvalue weighted by molar-refractivity contribution is -0.129. The average molecular weight is 283 g/mol. The van der Waals surface area contributed by atoms with Gasteiger partial charge in [0.15, 0.2) is 0 Å². The summed E-state index contributed by atoms with van der Waals surface area (Å²) in [6.07, 6.45) is 0.396. The fourth-order valence-corrected chi connectivity index (χ4v) is 2.12. The average Bonchev–Trinajstić information content (AvgIpc) is 2.48. The van der Waals surface area contributed by atoms with E-state index in [2.05, 4.69) is 4.98 Å². The Morgan fingerprint density at radius 2 is 1.81 bits per heavy atom. The van der Waals surface area contributed by atoms with Crippen molar-refractivity contribution in [3.63, 3.8) is 0 Å². The Morgan fingerprint density at radius 3 is 2.43 bits per heavy atom. The molecule has 0 fully saturated rings. The van der Waals surface area contributed by atoms with Crippen molar-refractivity contribution in [3.05, 3.63) is 65.0 Å². The maximum Gasteiger partial charge on any atom is 0.227 e. The third kappa shape index (κ3) is 4.39. The minimum atomic E-state index is 0.0822. The molecule has 0 atom stereocenters. The van der Waals surface area contributed by atoms with Crippen LogP contribution in [-0.2, 0) is 24.3 Å². The quantitative estimate of drug-likeness (QED) is 0.913. The monoisotopic (exact) mass is 283 g/mol. The fraction of sp³-hybridized carbons (Fsp3) is 0.294. The SMILES string of the molecule is Cc1cccc(CN(C)C(=O)Cc2ccc(CN)cc2)n1. The summed E-state index contributed by atoms with van der Waals surface area (Å²) >= 11 is 0. The third-order valence-corrected chi connectivity index (χ3v) is 3.38. The molecule has 2 rings (SSSR count). The van der Waals surface area contributed by atoms with E-state index in [1.54, 1.807) is 11.9 Å². The number of hydrogen-bond donors (Lipinski definition) is 1. The van der Waals surface area contributed by atoms with Crippen LogP contribution in [0.2, 0.25) is 0 Å². The van der Waals surface area contributed by atoms with Crippen molar-refractivity contribution in [1.82, 2.24) is 9.88 Å². The molecule has 0 saturated heterocycles. The molecule has 4 nitrogen and oxygen atoms in total. The Morgan fingerprint density at radius 1 is 1.14 bits per heavy atom. The first-order chi connectivity index (χ1) is 10.1. The van der Waals surface area contributed by atoms with E-state index in [9.17, 15) is 4.79 Å². The normalized spacial score (nSPS) is 10.4. The maximum absolute atomic E-state index is 12.2. The Balaban J connectivity index is 1.95. The minimum absolute atomic E-state index is 0.0822. The molecule has 0 aliphatic rings. The predicted octanol–water partition coefficient (Wildman–Crippen LogP) is 2.05. The van der Waals surface area contributed by atoms with E-state index in [1.165, 1.54) is 0 Å². The molecule has 21 heavy (non-hydrogen) atoms. The second-order valence-corrected chi connectivity index (χ2v) is 5.22. The van der Waals surface area contributed by atoms with E-state index >= 15 is 0 Å². The molecule has 0 bridgehead atoms. The highest BCUT2D eigenvalue weighted by molar-refractivity contribution is 5.78. The maximum atomic E-state index is 12.2. The summed E-state index contributed by atoms with van der Waals surface area (Å²) in [4.78, 5) is 18.4. The molecule has 2 N–H and O–H groups in total. The summed E-state index contributed by atoms with van der Waals surface area (Å²) < 4.78 is 0. The Hall–Kier alpha value is -2.20. The summed E-state index contributed by atoms with van der Waals surface area (Å²) in [5.41, 5.74) is 9.51. The van der Waals surface area contributed by atoms with Crippen molar-refractivity contribution in [2.45, 2.75) is 26.4 Å². The van der Waals surface area contributed by atoms with E-state index in [4.69, 9.17) is 5.73 Å². The molecule has 0 saturated carbocycles. The predicted molar refractivity (Wildman–Crippen MR) is 83.5 cm³/mol. The highest BCUT2D eigenvalue weighted by Gasteiger charge is 2.11. The van der Waals surface area contributed by atoms with Crippen LogP contribution in [0.3, 0.4) is 0 Å². The molecule has 0 unspecified atom stereocenters. The molecule has 1 aromatic carbocycles. The molecule has 110 valence electrons. The van der Waals surface area contributed by atoms with E-state index in [0.29, 0.717) is 19.5 Å². The van der Waals surface area contributed by atoms with Gasteiger partial charge in [-0.2, -0.15) is 0 Å². The zero-order valence-electron chi connectivity index (χ0n) is 12.5. The zero-order chi connectivity index (χ0) is 15.2. The van der Waals surface area contributed by atoms with Crippen molar-refractivity contribution in [3.8, 4) is 0 Å². The van der Waals surface area contributed by atoms with Gasteiger partial charge in [0.2, 0.25) is 5.91 Å². The number of benzene rings is 1. The first kappa shape index (κ1) is 15.2. The summed E-state index contributed by atoms with van der Waals surface area (Å²) in [5, 5.41) is 0. The number of amides is 1. The first-order valence-corrected chi connectivity index (χ1v) is 7.03. The number of rotatable bonds is 5. The van der Waals surface area contributed by atoms with Crippen molar-refractivity contribution in [2.75, 3.05) is 7.05 Å². The van der Waals surface area contributed by atoms with Gasteiger partial charge in [-0.3, -0.25) is 9.78 Å².